The number of hydrogen-bond donors (Lipinski definition) is 1. The Labute approximate surface area is 86.4 Å². The Morgan fingerprint density at radius 3 is 2.60 bits per heavy atom. The summed E-state index contributed by atoms with van der Waals surface area (Å²) in [5.41, 5.74) is 3.53. The Bertz CT molecular complexity index is 557. The number of carboxylic acids is 1. The van der Waals surface area contributed by atoms with Gasteiger partial charge in [0.25, 0.3) is 0 Å². The van der Waals surface area contributed by atoms with E-state index in [2.05, 4.69) is 10.1 Å². The second kappa shape index (κ2) is 3.05. The fourth-order valence-electron chi connectivity index (χ4n) is 1.51. The highest BCUT2D eigenvalue weighted by molar-refractivity contribution is 5.86. The van der Waals surface area contributed by atoms with Crippen LogP contribution in [-0.2, 0) is 0 Å². The molecule has 5 nitrogen and oxygen atoms in total. The fraction of sp³-hybridized carbons (Fsp3) is 0.300. The number of nitrogens with zero attached hydrogens (tertiary/aromatic N) is 3. The molecular weight excluding hydrogens is 194 g/mol. The Balaban J connectivity index is 2.89. The van der Waals surface area contributed by atoms with Crippen molar-refractivity contribution in [2.45, 2.75) is 20.8 Å². The van der Waals surface area contributed by atoms with Crippen LogP contribution in [0.1, 0.15) is 27.3 Å². The maximum Gasteiger partial charge on any atom is 0.356 e. The number of carbonyl (C=O) groups is 1. The second-order valence-electron chi connectivity index (χ2n) is 3.52. The van der Waals surface area contributed by atoms with Crippen LogP contribution >= 0.6 is 0 Å². The molecule has 1 N–H and O–H groups in total. The van der Waals surface area contributed by atoms with Crippen molar-refractivity contribution in [3.63, 3.8) is 0 Å². The minimum Gasteiger partial charge on any atom is -0.476 e. The van der Waals surface area contributed by atoms with Gasteiger partial charge in [-0.3, -0.25) is 0 Å². The third-order valence-electron chi connectivity index (χ3n) is 2.65. The van der Waals surface area contributed by atoms with Crippen molar-refractivity contribution in [3.8, 4) is 0 Å². The zero-order valence-corrected chi connectivity index (χ0v) is 8.77. The van der Waals surface area contributed by atoms with Crippen LogP contribution in [0.15, 0.2) is 6.20 Å². The molecule has 0 saturated heterocycles. The van der Waals surface area contributed by atoms with Crippen molar-refractivity contribution in [2.24, 2.45) is 0 Å². The molecule has 0 radical (unpaired) electrons. The first-order valence-electron chi connectivity index (χ1n) is 4.57. The average molecular weight is 205 g/mol. The van der Waals surface area contributed by atoms with Gasteiger partial charge < -0.3 is 5.11 Å². The van der Waals surface area contributed by atoms with E-state index in [0.29, 0.717) is 5.65 Å². The molecule has 78 valence electrons. The van der Waals surface area contributed by atoms with Crippen LogP contribution in [0.3, 0.4) is 0 Å². The van der Waals surface area contributed by atoms with Crippen molar-refractivity contribution in [1.82, 2.24) is 14.6 Å². The highest BCUT2D eigenvalue weighted by Gasteiger charge is 2.14. The minimum atomic E-state index is -1.02. The third kappa shape index (κ3) is 1.27. The largest absolute Gasteiger partial charge is 0.476 e. The molecule has 2 aromatic rings. The van der Waals surface area contributed by atoms with E-state index in [0.717, 1.165) is 16.8 Å². The van der Waals surface area contributed by atoms with E-state index in [1.165, 1.54) is 10.7 Å². The van der Waals surface area contributed by atoms with Gasteiger partial charge in [-0.1, -0.05) is 0 Å². The summed E-state index contributed by atoms with van der Waals surface area (Å²) in [6.07, 6.45) is 1.33. The summed E-state index contributed by atoms with van der Waals surface area (Å²) in [6, 6.07) is 0. The summed E-state index contributed by atoms with van der Waals surface area (Å²) in [7, 11) is 0. The SMILES string of the molecule is Cc1nn2c(C(=O)O)cnc2c(C)c1C. The van der Waals surface area contributed by atoms with E-state index in [1.807, 2.05) is 20.8 Å². The first-order valence-corrected chi connectivity index (χ1v) is 4.57. The molecule has 0 atom stereocenters. The average Bonchev–Trinajstić information content (AvgIpc) is 2.58. The number of rotatable bonds is 1. The molecule has 0 aliphatic rings. The molecule has 0 unspecified atom stereocenters. The van der Waals surface area contributed by atoms with E-state index in [-0.39, 0.29) is 5.69 Å². The molecule has 0 saturated carbocycles. The number of imidazole rings is 1. The Morgan fingerprint density at radius 1 is 1.33 bits per heavy atom. The summed E-state index contributed by atoms with van der Waals surface area (Å²) >= 11 is 0. The number of aryl methyl sites for hydroxylation is 2. The van der Waals surface area contributed by atoms with Gasteiger partial charge in [0.15, 0.2) is 11.3 Å². The number of fused-ring (bicyclic) bond motifs is 1. The fourth-order valence-corrected chi connectivity index (χ4v) is 1.51. The lowest BCUT2D eigenvalue weighted by Gasteiger charge is -2.05. The lowest BCUT2D eigenvalue weighted by molar-refractivity contribution is 0.0688. The molecule has 0 spiro atoms. The molecule has 2 heterocycles. The number of carboxylic acid groups (broad SMARTS) is 1. The molecule has 0 amide bonds. The molecule has 0 fully saturated rings. The van der Waals surface area contributed by atoms with Crippen molar-refractivity contribution in [2.75, 3.05) is 0 Å². The Morgan fingerprint density at radius 2 is 2.00 bits per heavy atom. The predicted octanol–water partition coefficient (Wildman–Crippen LogP) is 1.35. The molecule has 0 bridgehead atoms. The zero-order valence-electron chi connectivity index (χ0n) is 8.77. The standard InChI is InChI=1S/C10H11N3O2/c1-5-6(2)9-11-4-8(10(14)15)13(9)12-7(5)3/h4H,1-3H3,(H,14,15). The summed E-state index contributed by atoms with van der Waals surface area (Å²) < 4.78 is 1.38. The van der Waals surface area contributed by atoms with Crippen molar-refractivity contribution in [3.05, 3.63) is 28.7 Å². The first-order chi connectivity index (χ1) is 7.02. The van der Waals surface area contributed by atoms with Crippen LogP contribution in [0.5, 0.6) is 0 Å². The van der Waals surface area contributed by atoms with Crippen LogP contribution in [0.25, 0.3) is 5.65 Å². The summed E-state index contributed by atoms with van der Waals surface area (Å²) in [5.74, 6) is -1.02. The van der Waals surface area contributed by atoms with Gasteiger partial charge in [-0.15, -0.1) is 0 Å². The van der Waals surface area contributed by atoms with Crippen molar-refractivity contribution >= 4 is 11.6 Å². The van der Waals surface area contributed by atoms with Gasteiger partial charge in [-0.05, 0) is 31.9 Å². The molecule has 0 aromatic carbocycles. The molecule has 5 heteroatoms. The maximum atomic E-state index is 10.9. The molecule has 0 aliphatic heterocycles. The zero-order chi connectivity index (χ0) is 11.2. The normalized spacial score (nSPS) is 10.9. The number of aromatic carboxylic acids is 1. The van der Waals surface area contributed by atoms with Crippen molar-refractivity contribution < 1.29 is 9.90 Å². The van der Waals surface area contributed by atoms with Crippen LogP contribution < -0.4 is 0 Å². The van der Waals surface area contributed by atoms with Crippen LogP contribution in [-0.4, -0.2) is 25.7 Å². The minimum absolute atomic E-state index is 0.0937. The van der Waals surface area contributed by atoms with Crippen LogP contribution in [0.2, 0.25) is 0 Å². The molecule has 2 rings (SSSR count). The van der Waals surface area contributed by atoms with Gasteiger partial charge in [0.05, 0.1) is 11.9 Å². The molecule has 0 aliphatic carbocycles. The molecule has 2 aromatic heterocycles. The highest BCUT2D eigenvalue weighted by atomic mass is 16.4. The van der Waals surface area contributed by atoms with E-state index in [4.69, 9.17) is 5.11 Å². The Kier molecular flexibility index (Phi) is 1.96. The monoisotopic (exact) mass is 205 g/mol. The van der Waals surface area contributed by atoms with E-state index < -0.39 is 5.97 Å². The summed E-state index contributed by atoms with van der Waals surface area (Å²) in [4.78, 5) is 14.9. The van der Waals surface area contributed by atoms with E-state index >= 15 is 0 Å². The quantitative estimate of drug-likeness (QED) is 0.763. The molecular formula is C10H11N3O2. The van der Waals surface area contributed by atoms with Gasteiger partial charge in [0.2, 0.25) is 0 Å². The lowest BCUT2D eigenvalue weighted by atomic mass is 10.1. The summed E-state index contributed by atoms with van der Waals surface area (Å²) in [5, 5.41) is 13.1. The molecule has 15 heavy (non-hydrogen) atoms. The number of hydrogen-bond acceptors (Lipinski definition) is 3. The highest BCUT2D eigenvalue weighted by Crippen LogP contribution is 2.16. The van der Waals surface area contributed by atoms with E-state index in [1.54, 1.807) is 0 Å². The van der Waals surface area contributed by atoms with Gasteiger partial charge >= 0.3 is 5.97 Å². The van der Waals surface area contributed by atoms with Gasteiger partial charge in [-0.2, -0.15) is 5.10 Å². The van der Waals surface area contributed by atoms with Gasteiger partial charge in [-0.25, -0.2) is 14.3 Å². The third-order valence-corrected chi connectivity index (χ3v) is 2.65. The van der Waals surface area contributed by atoms with E-state index in [9.17, 15) is 4.79 Å². The van der Waals surface area contributed by atoms with Gasteiger partial charge in [0.1, 0.15) is 0 Å². The number of aromatic nitrogens is 3. The van der Waals surface area contributed by atoms with Crippen LogP contribution in [0, 0.1) is 20.8 Å². The predicted molar refractivity (Wildman–Crippen MR) is 54.2 cm³/mol. The smallest absolute Gasteiger partial charge is 0.356 e. The second-order valence-corrected chi connectivity index (χ2v) is 3.52. The van der Waals surface area contributed by atoms with Crippen molar-refractivity contribution in [1.29, 1.82) is 0 Å². The van der Waals surface area contributed by atoms with Crippen LogP contribution in [0.4, 0.5) is 0 Å². The lowest BCUT2D eigenvalue weighted by Crippen LogP contribution is -2.07. The summed E-state index contributed by atoms with van der Waals surface area (Å²) in [6.45, 7) is 5.72. The first kappa shape index (κ1) is 9.64. The Hall–Kier alpha value is -1.91. The maximum absolute atomic E-state index is 10.9. The topological polar surface area (TPSA) is 67.5 Å². The van der Waals surface area contributed by atoms with Gasteiger partial charge in [0, 0.05) is 0 Å².